The predicted octanol–water partition coefficient (Wildman–Crippen LogP) is 0.564. The number of piperidine rings is 1. The molecule has 0 aromatic carbocycles. The number of rotatable bonds is 2. The van der Waals surface area contributed by atoms with E-state index in [4.69, 9.17) is 0 Å². The fourth-order valence-corrected chi connectivity index (χ4v) is 2.18. The van der Waals surface area contributed by atoms with Crippen LogP contribution in [0, 0.1) is 6.92 Å². The molecule has 5 nitrogen and oxygen atoms in total. The lowest BCUT2D eigenvalue weighted by atomic mass is 10.1. The minimum Gasteiger partial charge on any atom is -0.385 e. The van der Waals surface area contributed by atoms with Crippen LogP contribution in [-0.4, -0.2) is 33.0 Å². The third-order valence-electron chi connectivity index (χ3n) is 2.90. The quantitative estimate of drug-likeness (QED) is 0.749. The minimum atomic E-state index is -0.548. The van der Waals surface area contributed by atoms with Crippen molar-refractivity contribution < 1.29 is 5.11 Å². The summed E-state index contributed by atoms with van der Waals surface area (Å²) in [5, 5.41) is 21.0. The molecule has 1 aliphatic heterocycles. The van der Waals surface area contributed by atoms with Crippen molar-refractivity contribution in [2.45, 2.75) is 38.8 Å². The Morgan fingerprint density at radius 3 is 2.93 bits per heavy atom. The van der Waals surface area contributed by atoms with Crippen LogP contribution in [0.1, 0.15) is 43.6 Å². The summed E-state index contributed by atoms with van der Waals surface area (Å²) in [5.41, 5.74) is 0. The van der Waals surface area contributed by atoms with Crippen molar-refractivity contribution in [3.05, 3.63) is 11.6 Å². The molecule has 2 heterocycles. The molecule has 0 saturated carbocycles. The molecule has 1 aromatic rings. The van der Waals surface area contributed by atoms with Crippen LogP contribution in [0.4, 0.5) is 0 Å². The molecule has 5 heteroatoms. The molecule has 1 saturated heterocycles. The Morgan fingerprint density at radius 1 is 1.53 bits per heavy atom. The molecule has 0 amide bonds. The summed E-state index contributed by atoms with van der Waals surface area (Å²) in [5.74, 6) is 1.57. The van der Waals surface area contributed by atoms with Gasteiger partial charge in [0.05, 0.1) is 0 Å². The first-order valence-electron chi connectivity index (χ1n) is 5.50. The lowest BCUT2D eigenvalue weighted by Gasteiger charge is -2.26. The number of hydrogen-bond donors (Lipinski definition) is 2. The van der Waals surface area contributed by atoms with E-state index < -0.39 is 6.10 Å². The van der Waals surface area contributed by atoms with Gasteiger partial charge in [-0.1, -0.05) is 0 Å². The maximum absolute atomic E-state index is 9.60. The second-order valence-corrected chi connectivity index (χ2v) is 4.15. The van der Waals surface area contributed by atoms with E-state index in [1.54, 1.807) is 6.92 Å². The van der Waals surface area contributed by atoms with Crippen LogP contribution < -0.4 is 5.32 Å². The highest BCUT2D eigenvalue weighted by Gasteiger charge is 2.22. The number of nitrogens with one attached hydrogen (secondary N) is 1. The molecule has 2 rings (SSSR count). The fourth-order valence-electron chi connectivity index (χ4n) is 2.18. The van der Waals surface area contributed by atoms with Crippen molar-refractivity contribution in [3.8, 4) is 0 Å². The SMILES string of the molecule is Cc1nnc(C(C)O)n1C1CCCNC1. The van der Waals surface area contributed by atoms with Gasteiger partial charge in [-0.3, -0.25) is 0 Å². The fraction of sp³-hybridized carbons (Fsp3) is 0.800. The summed E-state index contributed by atoms with van der Waals surface area (Å²) in [6, 6.07) is 0.387. The number of aliphatic hydroxyl groups excluding tert-OH is 1. The van der Waals surface area contributed by atoms with Crippen LogP contribution in [0.5, 0.6) is 0 Å². The smallest absolute Gasteiger partial charge is 0.161 e. The Labute approximate surface area is 89.5 Å². The summed E-state index contributed by atoms with van der Waals surface area (Å²) < 4.78 is 2.07. The van der Waals surface area contributed by atoms with Gasteiger partial charge >= 0.3 is 0 Å². The van der Waals surface area contributed by atoms with E-state index in [0.717, 1.165) is 25.3 Å². The molecule has 0 aliphatic carbocycles. The molecule has 0 radical (unpaired) electrons. The highest BCUT2D eigenvalue weighted by atomic mass is 16.3. The van der Waals surface area contributed by atoms with Gasteiger partial charge in [-0.15, -0.1) is 10.2 Å². The lowest BCUT2D eigenvalue weighted by Crippen LogP contribution is -2.33. The lowest BCUT2D eigenvalue weighted by molar-refractivity contribution is 0.177. The van der Waals surface area contributed by atoms with E-state index in [1.165, 1.54) is 6.42 Å². The van der Waals surface area contributed by atoms with Gasteiger partial charge < -0.3 is 15.0 Å². The summed E-state index contributed by atoms with van der Waals surface area (Å²) in [7, 11) is 0. The third kappa shape index (κ3) is 2.03. The average Bonchev–Trinajstić information content (AvgIpc) is 2.61. The van der Waals surface area contributed by atoms with E-state index in [1.807, 2.05) is 6.92 Å². The highest BCUT2D eigenvalue weighted by Crippen LogP contribution is 2.22. The van der Waals surface area contributed by atoms with E-state index in [-0.39, 0.29) is 0 Å². The van der Waals surface area contributed by atoms with Crippen LogP contribution >= 0.6 is 0 Å². The number of hydrogen-bond acceptors (Lipinski definition) is 4. The molecule has 15 heavy (non-hydrogen) atoms. The van der Waals surface area contributed by atoms with Gasteiger partial charge in [-0.05, 0) is 33.2 Å². The number of aliphatic hydroxyl groups is 1. The van der Waals surface area contributed by atoms with Crippen LogP contribution in [-0.2, 0) is 0 Å². The molecular weight excluding hydrogens is 192 g/mol. The highest BCUT2D eigenvalue weighted by molar-refractivity contribution is 5.00. The van der Waals surface area contributed by atoms with Gasteiger partial charge in [0.2, 0.25) is 0 Å². The minimum absolute atomic E-state index is 0.387. The zero-order valence-electron chi connectivity index (χ0n) is 9.27. The summed E-state index contributed by atoms with van der Waals surface area (Å²) in [6.07, 6.45) is 1.75. The Balaban J connectivity index is 2.28. The monoisotopic (exact) mass is 210 g/mol. The molecule has 84 valence electrons. The maximum Gasteiger partial charge on any atom is 0.161 e. The molecular formula is C10H18N4O. The second-order valence-electron chi connectivity index (χ2n) is 4.15. The van der Waals surface area contributed by atoms with Crippen LogP contribution in [0.25, 0.3) is 0 Å². The van der Waals surface area contributed by atoms with Gasteiger partial charge in [-0.25, -0.2) is 0 Å². The first-order chi connectivity index (χ1) is 7.20. The number of nitrogens with zero attached hydrogens (tertiary/aromatic N) is 3. The van der Waals surface area contributed by atoms with Crippen LogP contribution in [0.2, 0.25) is 0 Å². The van der Waals surface area contributed by atoms with Gasteiger partial charge in [0, 0.05) is 12.6 Å². The third-order valence-corrected chi connectivity index (χ3v) is 2.90. The van der Waals surface area contributed by atoms with Crippen LogP contribution in [0.15, 0.2) is 0 Å². The second kappa shape index (κ2) is 4.28. The average molecular weight is 210 g/mol. The number of aromatic nitrogens is 3. The Hall–Kier alpha value is -0.940. The van der Waals surface area contributed by atoms with Gasteiger partial charge in [0.15, 0.2) is 5.82 Å². The van der Waals surface area contributed by atoms with Crippen molar-refractivity contribution >= 4 is 0 Å². The summed E-state index contributed by atoms with van der Waals surface area (Å²) in [6.45, 7) is 5.70. The first-order valence-corrected chi connectivity index (χ1v) is 5.50. The molecule has 2 N–H and O–H groups in total. The molecule has 2 unspecified atom stereocenters. The van der Waals surface area contributed by atoms with E-state index >= 15 is 0 Å². The Morgan fingerprint density at radius 2 is 2.33 bits per heavy atom. The molecule has 2 atom stereocenters. The molecule has 0 spiro atoms. The normalized spacial score (nSPS) is 24.1. The summed E-state index contributed by atoms with van der Waals surface area (Å²) in [4.78, 5) is 0. The van der Waals surface area contributed by atoms with Gasteiger partial charge in [0.1, 0.15) is 11.9 Å². The van der Waals surface area contributed by atoms with Crippen molar-refractivity contribution in [1.82, 2.24) is 20.1 Å². The zero-order chi connectivity index (χ0) is 10.8. The van der Waals surface area contributed by atoms with Crippen LogP contribution in [0.3, 0.4) is 0 Å². The zero-order valence-corrected chi connectivity index (χ0v) is 9.27. The van der Waals surface area contributed by atoms with Crippen molar-refractivity contribution in [3.63, 3.8) is 0 Å². The molecule has 1 aliphatic rings. The maximum atomic E-state index is 9.60. The largest absolute Gasteiger partial charge is 0.385 e. The van der Waals surface area contributed by atoms with E-state index in [0.29, 0.717) is 11.9 Å². The molecule has 0 bridgehead atoms. The summed E-state index contributed by atoms with van der Waals surface area (Å²) >= 11 is 0. The molecule has 1 aromatic heterocycles. The van der Waals surface area contributed by atoms with Gasteiger partial charge in [-0.2, -0.15) is 0 Å². The van der Waals surface area contributed by atoms with E-state index in [2.05, 4.69) is 20.1 Å². The van der Waals surface area contributed by atoms with Crippen molar-refractivity contribution in [2.24, 2.45) is 0 Å². The number of aryl methyl sites for hydroxylation is 1. The Kier molecular flexibility index (Phi) is 3.02. The van der Waals surface area contributed by atoms with E-state index in [9.17, 15) is 5.11 Å². The first kappa shape index (κ1) is 10.6. The molecule has 1 fully saturated rings. The van der Waals surface area contributed by atoms with Crippen molar-refractivity contribution in [2.75, 3.05) is 13.1 Å². The standard InChI is InChI=1S/C10H18N4O/c1-7(15)10-13-12-8(2)14(10)9-4-3-5-11-6-9/h7,9,11,15H,3-6H2,1-2H3. The Bertz CT molecular complexity index is 328. The van der Waals surface area contributed by atoms with Crippen molar-refractivity contribution in [1.29, 1.82) is 0 Å². The predicted molar refractivity (Wildman–Crippen MR) is 56.5 cm³/mol. The topological polar surface area (TPSA) is 63.0 Å². The van der Waals surface area contributed by atoms with Gasteiger partial charge in [0.25, 0.3) is 0 Å².